The summed E-state index contributed by atoms with van der Waals surface area (Å²) >= 11 is 0. The highest BCUT2D eigenvalue weighted by Gasteiger charge is 2.09. The van der Waals surface area contributed by atoms with Crippen LogP contribution in [0.15, 0.2) is 54.6 Å². The van der Waals surface area contributed by atoms with Gasteiger partial charge in [0.2, 0.25) is 0 Å². The van der Waals surface area contributed by atoms with Gasteiger partial charge in [0, 0.05) is 11.6 Å². The zero-order valence-corrected chi connectivity index (χ0v) is 10.6. The fraction of sp³-hybridized carbons (Fsp3) is 0.250. The third kappa shape index (κ3) is 4.14. The van der Waals surface area contributed by atoms with Crippen LogP contribution in [0, 0.1) is 0 Å². The van der Waals surface area contributed by atoms with E-state index < -0.39 is 6.43 Å². The first-order valence-corrected chi connectivity index (χ1v) is 6.31. The quantitative estimate of drug-likeness (QED) is 0.871. The first kappa shape index (κ1) is 13.7. The lowest BCUT2D eigenvalue weighted by atomic mass is 9.99. The first-order chi connectivity index (χ1) is 9.15. The van der Waals surface area contributed by atoms with Gasteiger partial charge in [0.25, 0.3) is 6.43 Å². The minimum Gasteiger partial charge on any atom is -0.327 e. The molecule has 2 aromatic carbocycles. The summed E-state index contributed by atoms with van der Waals surface area (Å²) in [6.45, 7) is 0. The Labute approximate surface area is 112 Å². The maximum Gasteiger partial charge on any atom is 0.263 e. The summed E-state index contributed by atoms with van der Waals surface area (Å²) in [7, 11) is 0. The van der Waals surface area contributed by atoms with E-state index in [0.29, 0.717) is 6.42 Å². The van der Waals surface area contributed by atoms with Gasteiger partial charge >= 0.3 is 0 Å². The molecule has 0 aliphatic rings. The molecular formula is C16H17F2N. The maximum atomic E-state index is 12.6. The minimum absolute atomic E-state index is 0.0596. The molecular weight excluding hydrogens is 244 g/mol. The molecule has 0 saturated carbocycles. The summed E-state index contributed by atoms with van der Waals surface area (Å²) in [6.07, 6.45) is -1.07. The number of nitrogens with two attached hydrogens (primary N) is 1. The first-order valence-electron chi connectivity index (χ1n) is 6.31. The van der Waals surface area contributed by atoms with Crippen LogP contribution in [0.3, 0.4) is 0 Å². The van der Waals surface area contributed by atoms with Gasteiger partial charge < -0.3 is 5.73 Å². The van der Waals surface area contributed by atoms with Crippen LogP contribution in [-0.2, 0) is 12.8 Å². The molecule has 0 spiro atoms. The zero-order chi connectivity index (χ0) is 13.7. The second kappa shape index (κ2) is 6.43. The van der Waals surface area contributed by atoms with E-state index >= 15 is 0 Å². The van der Waals surface area contributed by atoms with Gasteiger partial charge in [-0.15, -0.1) is 0 Å². The summed E-state index contributed by atoms with van der Waals surface area (Å²) in [6, 6.07) is 16.4. The number of hydrogen-bond acceptors (Lipinski definition) is 1. The number of rotatable bonds is 5. The molecule has 1 atom stereocenters. The van der Waals surface area contributed by atoms with Crippen LogP contribution in [0.4, 0.5) is 8.78 Å². The molecule has 1 unspecified atom stereocenters. The molecule has 0 aliphatic heterocycles. The maximum absolute atomic E-state index is 12.6. The number of benzene rings is 2. The molecule has 2 rings (SSSR count). The van der Waals surface area contributed by atoms with Crippen molar-refractivity contribution in [3.05, 3.63) is 71.3 Å². The predicted molar refractivity (Wildman–Crippen MR) is 73.2 cm³/mol. The van der Waals surface area contributed by atoms with Gasteiger partial charge in [0.1, 0.15) is 0 Å². The summed E-state index contributed by atoms with van der Waals surface area (Å²) in [5.41, 5.74) is 8.16. The molecule has 0 aromatic heterocycles. The van der Waals surface area contributed by atoms with Gasteiger partial charge in [0.15, 0.2) is 0 Å². The molecule has 0 radical (unpaired) electrons. The van der Waals surface area contributed by atoms with E-state index in [0.717, 1.165) is 12.0 Å². The average molecular weight is 261 g/mol. The van der Waals surface area contributed by atoms with Gasteiger partial charge in [-0.2, -0.15) is 0 Å². The Kier molecular flexibility index (Phi) is 4.63. The molecule has 0 saturated heterocycles. The van der Waals surface area contributed by atoms with Crippen LogP contribution < -0.4 is 5.73 Å². The van der Waals surface area contributed by atoms with E-state index in [1.807, 2.05) is 36.4 Å². The van der Waals surface area contributed by atoms with Crippen molar-refractivity contribution in [2.45, 2.75) is 25.3 Å². The van der Waals surface area contributed by atoms with Crippen molar-refractivity contribution in [2.24, 2.45) is 5.73 Å². The Morgan fingerprint density at radius 2 is 1.47 bits per heavy atom. The van der Waals surface area contributed by atoms with Crippen molar-refractivity contribution in [1.82, 2.24) is 0 Å². The molecule has 0 fully saturated rings. The van der Waals surface area contributed by atoms with Crippen molar-refractivity contribution in [3.8, 4) is 0 Å². The van der Waals surface area contributed by atoms with Gasteiger partial charge in [-0.3, -0.25) is 0 Å². The second-order valence-electron chi connectivity index (χ2n) is 4.70. The lowest BCUT2D eigenvalue weighted by molar-refractivity contribution is 0.151. The molecule has 2 aromatic rings. The minimum atomic E-state index is -2.43. The highest BCUT2D eigenvalue weighted by atomic mass is 19.3. The van der Waals surface area contributed by atoms with Crippen LogP contribution in [-0.4, -0.2) is 6.04 Å². The van der Waals surface area contributed by atoms with Crippen molar-refractivity contribution >= 4 is 0 Å². The van der Waals surface area contributed by atoms with Gasteiger partial charge in [0.05, 0.1) is 0 Å². The van der Waals surface area contributed by atoms with E-state index in [-0.39, 0.29) is 11.6 Å². The van der Waals surface area contributed by atoms with E-state index in [2.05, 4.69) is 0 Å². The molecule has 1 nitrogen and oxygen atoms in total. The summed E-state index contributed by atoms with van der Waals surface area (Å²) in [4.78, 5) is 0. The summed E-state index contributed by atoms with van der Waals surface area (Å²) in [5, 5.41) is 0. The smallest absolute Gasteiger partial charge is 0.263 e. The van der Waals surface area contributed by atoms with Crippen molar-refractivity contribution in [1.29, 1.82) is 0 Å². The van der Waals surface area contributed by atoms with Crippen LogP contribution in [0.1, 0.15) is 23.1 Å². The normalized spacial score (nSPS) is 12.6. The van der Waals surface area contributed by atoms with Gasteiger partial charge in [-0.05, 0) is 24.0 Å². The lowest BCUT2D eigenvalue weighted by Gasteiger charge is -2.12. The molecule has 2 N–H and O–H groups in total. The highest BCUT2D eigenvalue weighted by Crippen LogP contribution is 2.20. The van der Waals surface area contributed by atoms with Gasteiger partial charge in [-0.1, -0.05) is 54.6 Å². The Morgan fingerprint density at radius 3 is 2.16 bits per heavy atom. The molecule has 0 heterocycles. The van der Waals surface area contributed by atoms with Crippen molar-refractivity contribution < 1.29 is 8.78 Å². The Morgan fingerprint density at radius 1 is 0.842 bits per heavy atom. The van der Waals surface area contributed by atoms with E-state index in [9.17, 15) is 8.78 Å². The lowest BCUT2D eigenvalue weighted by Crippen LogP contribution is -2.25. The largest absolute Gasteiger partial charge is 0.327 e. The highest BCUT2D eigenvalue weighted by molar-refractivity contribution is 5.25. The van der Waals surface area contributed by atoms with Crippen LogP contribution in [0.5, 0.6) is 0 Å². The molecule has 3 heteroatoms. The fourth-order valence-corrected chi connectivity index (χ4v) is 2.15. The summed E-state index contributed by atoms with van der Waals surface area (Å²) in [5.74, 6) is 0. The summed E-state index contributed by atoms with van der Waals surface area (Å²) < 4.78 is 25.2. The predicted octanol–water partition coefficient (Wildman–Crippen LogP) is 3.74. The SMILES string of the molecule is NC(Cc1ccccc1)Cc1cccc(C(F)F)c1. The standard InChI is InChI=1S/C16H17F2N/c17-16(18)14-8-4-7-13(9-14)11-15(19)10-12-5-2-1-3-6-12/h1-9,15-16H,10-11,19H2. The van der Waals surface area contributed by atoms with Crippen LogP contribution >= 0.6 is 0 Å². The Bertz CT molecular complexity index is 511. The zero-order valence-electron chi connectivity index (χ0n) is 10.6. The Balaban J connectivity index is 1.99. The van der Waals surface area contributed by atoms with Crippen molar-refractivity contribution in [2.75, 3.05) is 0 Å². The fourth-order valence-electron chi connectivity index (χ4n) is 2.15. The van der Waals surface area contributed by atoms with Gasteiger partial charge in [-0.25, -0.2) is 8.78 Å². The second-order valence-corrected chi connectivity index (χ2v) is 4.70. The molecule has 0 aliphatic carbocycles. The number of halogens is 2. The molecule has 100 valence electrons. The number of alkyl halides is 2. The van der Waals surface area contributed by atoms with Crippen molar-refractivity contribution in [3.63, 3.8) is 0 Å². The Hall–Kier alpha value is -1.74. The topological polar surface area (TPSA) is 26.0 Å². The van der Waals surface area contributed by atoms with Crippen LogP contribution in [0.2, 0.25) is 0 Å². The molecule has 0 amide bonds. The van der Waals surface area contributed by atoms with E-state index in [1.54, 1.807) is 6.07 Å². The van der Waals surface area contributed by atoms with E-state index in [4.69, 9.17) is 5.73 Å². The van der Waals surface area contributed by atoms with Crippen LogP contribution in [0.25, 0.3) is 0 Å². The van der Waals surface area contributed by atoms with E-state index in [1.165, 1.54) is 17.7 Å². The molecule has 0 bridgehead atoms. The third-order valence-electron chi connectivity index (χ3n) is 3.04. The average Bonchev–Trinajstić information content (AvgIpc) is 2.40. The number of hydrogen-bond donors (Lipinski definition) is 1. The molecule has 19 heavy (non-hydrogen) atoms. The monoisotopic (exact) mass is 261 g/mol. The third-order valence-corrected chi connectivity index (χ3v) is 3.04.